The van der Waals surface area contributed by atoms with Crippen molar-refractivity contribution in [2.24, 2.45) is 0 Å². The Morgan fingerprint density at radius 1 is 0.778 bits per heavy atom. The number of carbonyl (C=O) groups is 2. The fourth-order valence-electron chi connectivity index (χ4n) is 3.89. The van der Waals surface area contributed by atoms with Gasteiger partial charge in [0, 0.05) is 38.2 Å². The normalized spacial score (nSPS) is 10.4. The lowest BCUT2D eigenvalue weighted by Gasteiger charge is -2.14. The largest absolute Gasteiger partial charge is 0.462 e. The second kappa shape index (κ2) is 17.0. The number of anilines is 4. The standard InChI is InChI=1S/C17H18FIN2O3.C14H12FIN2O3/c1-3-7-21-10-12(17(23)24-4-2)15(9-16(21)22)20-14-6-5-11(19)8-13(14)18;1-2-21-14(20)9-7-17-13(19)6-12(9)18-11-4-3-8(16)5-10(11)15/h5-6,8-10,20H,3-4,7H2,1-2H3;3-7H,2H2,1H3,(H2,17,18,19). The second-order valence-electron chi connectivity index (χ2n) is 9.20. The van der Waals surface area contributed by atoms with Crippen LogP contribution < -0.4 is 21.8 Å². The van der Waals surface area contributed by atoms with E-state index in [-0.39, 0.29) is 52.6 Å². The number of esters is 2. The highest BCUT2D eigenvalue weighted by atomic mass is 127. The number of hydrogen-bond acceptors (Lipinski definition) is 8. The van der Waals surface area contributed by atoms with E-state index in [1.165, 1.54) is 47.3 Å². The Morgan fingerprint density at radius 2 is 1.29 bits per heavy atom. The van der Waals surface area contributed by atoms with Crippen LogP contribution in [-0.4, -0.2) is 34.7 Å². The van der Waals surface area contributed by atoms with Crippen LogP contribution in [0.3, 0.4) is 0 Å². The molecule has 2 aromatic carbocycles. The predicted octanol–water partition coefficient (Wildman–Crippen LogP) is 6.96. The third kappa shape index (κ3) is 10.1. The number of benzene rings is 2. The molecule has 0 amide bonds. The Labute approximate surface area is 284 Å². The van der Waals surface area contributed by atoms with E-state index < -0.39 is 29.1 Å². The summed E-state index contributed by atoms with van der Waals surface area (Å²) in [6, 6.07) is 11.7. The molecule has 10 nitrogen and oxygen atoms in total. The van der Waals surface area contributed by atoms with Gasteiger partial charge in [0.2, 0.25) is 5.56 Å². The second-order valence-corrected chi connectivity index (χ2v) is 11.7. The number of aryl methyl sites for hydroxylation is 1. The first kappa shape index (κ1) is 35.7. The Kier molecular flexibility index (Phi) is 13.5. The molecule has 0 aliphatic carbocycles. The molecular formula is C31H30F2I2N4O6. The lowest BCUT2D eigenvalue weighted by atomic mass is 10.2. The lowest BCUT2D eigenvalue weighted by molar-refractivity contribution is 0.0517. The minimum absolute atomic E-state index is 0.134. The molecule has 3 N–H and O–H groups in total. The molecule has 14 heteroatoms. The van der Waals surface area contributed by atoms with Gasteiger partial charge in [-0.1, -0.05) is 6.92 Å². The average Bonchev–Trinajstić information content (AvgIpc) is 2.98. The minimum Gasteiger partial charge on any atom is -0.462 e. The summed E-state index contributed by atoms with van der Waals surface area (Å²) in [5.41, 5.74) is 0.440. The van der Waals surface area contributed by atoms with Gasteiger partial charge in [-0.2, -0.15) is 0 Å². The molecule has 4 rings (SSSR count). The van der Waals surface area contributed by atoms with E-state index in [0.717, 1.165) is 13.6 Å². The quantitative estimate of drug-likeness (QED) is 0.115. The highest BCUT2D eigenvalue weighted by Gasteiger charge is 2.17. The van der Waals surface area contributed by atoms with Gasteiger partial charge in [0.15, 0.2) is 0 Å². The van der Waals surface area contributed by atoms with Crippen molar-refractivity contribution in [1.82, 2.24) is 9.55 Å². The van der Waals surface area contributed by atoms with Crippen LogP contribution in [0.1, 0.15) is 47.9 Å². The summed E-state index contributed by atoms with van der Waals surface area (Å²) in [6.07, 6.45) is 3.45. The molecule has 0 aliphatic rings. The van der Waals surface area contributed by atoms with E-state index in [1.54, 1.807) is 32.0 Å². The Hall–Kier alpha value is -3.80. The van der Waals surface area contributed by atoms with E-state index in [4.69, 9.17) is 9.47 Å². The number of pyridine rings is 2. The topological polar surface area (TPSA) is 132 Å². The molecule has 0 aliphatic heterocycles. The number of nitrogens with one attached hydrogen (secondary N) is 3. The van der Waals surface area contributed by atoms with Gasteiger partial charge in [0.1, 0.15) is 11.6 Å². The minimum atomic E-state index is -0.595. The van der Waals surface area contributed by atoms with Gasteiger partial charge in [-0.25, -0.2) is 18.4 Å². The van der Waals surface area contributed by atoms with E-state index >= 15 is 0 Å². The Morgan fingerprint density at radius 3 is 1.78 bits per heavy atom. The first-order chi connectivity index (χ1) is 21.5. The number of hydrogen-bond donors (Lipinski definition) is 3. The van der Waals surface area contributed by atoms with Crippen molar-refractivity contribution in [2.75, 3.05) is 23.8 Å². The van der Waals surface area contributed by atoms with Crippen LogP contribution in [0.5, 0.6) is 0 Å². The van der Waals surface area contributed by atoms with Gasteiger partial charge in [-0.05, 0) is 102 Å². The maximum Gasteiger partial charge on any atom is 0.341 e. The average molecular weight is 846 g/mol. The fraction of sp³-hybridized carbons (Fsp3) is 0.226. The first-order valence-corrected chi connectivity index (χ1v) is 15.9. The summed E-state index contributed by atoms with van der Waals surface area (Å²) in [6.45, 7) is 6.22. The maximum absolute atomic E-state index is 14.1. The number of carbonyl (C=O) groups excluding carboxylic acids is 2. The molecule has 0 saturated heterocycles. The summed E-state index contributed by atoms with van der Waals surface area (Å²) in [5, 5.41) is 5.57. The maximum atomic E-state index is 14.1. The van der Waals surface area contributed by atoms with E-state index in [2.05, 4.69) is 15.6 Å². The number of H-pyrrole nitrogens is 1. The highest BCUT2D eigenvalue weighted by molar-refractivity contribution is 14.1. The van der Waals surface area contributed by atoms with Gasteiger partial charge < -0.3 is 29.7 Å². The summed E-state index contributed by atoms with van der Waals surface area (Å²) < 4.78 is 40.8. The lowest BCUT2D eigenvalue weighted by Crippen LogP contribution is -2.22. The van der Waals surface area contributed by atoms with Crippen molar-refractivity contribution in [2.45, 2.75) is 33.7 Å². The van der Waals surface area contributed by atoms with E-state index in [0.29, 0.717) is 6.54 Å². The number of rotatable bonds is 10. The van der Waals surface area contributed by atoms with Crippen molar-refractivity contribution >= 4 is 79.9 Å². The molecule has 238 valence electrons. The zero-order valence-corrected chi connectivity index (χ0v) is 28.8. The SMILES string of the molecule is CCCn1cc(C(=O)OCC)c(Nc2ccc(I)cc2F)cc1=O.CCOC(=O)c1c[nH]c(=O)cc1Nc1ccc(I)cc1F. The van der Waals surface area contributed by atoms with Crippen LogP contribution in [0, 0.1) is 18.8 Å². The molecule has 0 unspecified atom stereocenters. The molecule has 0 bridgehead atoms. The molecule has 2 heterocycles. The molecule has 0 radical (unpaired) electrons. The van der Waals surface area contributed by atoms with Crippen molar-refractivity contribution in [1.29, 1.82) is 0 Å². The highest BCUT2D eigenvalue weighted by Crippen LogP contribution is 2.25. The Balaban J connectivity index is 0.000000248. The number of aromatic amines is 1. The van der Waals surface area contributed by atoms with Crippen LogP contribution in [0.4, 0.5) is 31.5 Å². The zero-order valence-electron chi connectivity index (χ0n) is 24.5. The van der Waals surface area contributed by atoms with Crippen LogP contribution in [0.15, 0.2) is 70.5 Å². The van der Waals surface area contributed by atoms with E-state index in [9.17, 15) is 28.0 Å². The Bertz CT molecular complexity index is 1800. The van der Waals surface area contributed by atoms with Gasteiger partial charge in [-0.3, -0.25) is 9.59 Å². The number of ether oxygens (including phenoxy) is 2. The van der Waals surface area contributed by atoms with Crippen LogP contribution in [-0.2, 0) is 16.0 Å². The fourth-order valence-corrected chi connectivity index (χ4v) is 4.79. The third-order valence-electron chi connectivity index (χ3n) is 5.91. The summed E-state index contributed by atoms with van der Waals surface area (Å²) in [7, 11) is 0. The van der Waals surface area contributed by atoms with Crippen LogP contribution in [0.2, 0.25) is 0 Å². The van der Waals surface area contributed by atoms with Crippen molar-refractivity contribution in [3.63, 3.8) is 0 Å². The van der Waals surface area contributed by atoms with E-state index in [1.807, 2.05) is 52.1 Å². The first-order valence-electron chi connectivity index (χ1n) is 13.7. The number of aromatic nitrogens is 2. The molecule has 45 heavy (non-hydrogen) atoms. The monoisotopic (exact) mass is 846 g/mol. The van der Waals surface area contributed by atoms with Gasteiger partial charge in [0.05, 0.1) is 47.1 Å². The molecular weight excluding hydrogens is 816 g/mol. The van der Waals surface area contributed by atoms with Crippen LogP contribution in [0.25, 0.3) is 0 Å². The summed E-state index contributed by atoms with van der Waals surface area (Å²) >= 11 is 3.99. The predicted molar refractivity (Wildman–Crippen MR) is 185 cm³/mol. The summed E-state index contributed by atoms with van der Waals surface area (Å²) in [5.74, 6) is -2.09. The molecule has 0 spiro atoms. The van der Waals surface area contributed by atoms with Crippen molar-refractivity contribution < 1.29 is 27.8 Å². The third-order valence-corrected chi connectivity index (χ3v) is 7.25. The van der Waals surface area contributed by atoms with Crippen molar-refractivity contribution in [3.05, 3.63) is 112 Å². The molecule has 0 saturated carbocycles. The van der Waals surface area contributed by atoms with Gasteiger partial charge >= 0.3 is 11.9 Å². The number of nitrogens with zero attached hydrogens (tertiary/aromatic N) is 1. The van der Waals surface area contributed by atoms with Crippen molar-refractivity contribution in [3.8, 4) is 0 Å². The van der Waals surface area contributed by atoms with Gasteiger partial charge in [0.25, 0.3) is 5.56 Å². The molecule has 0 atom stereocenters. The smallest absolute Gasteiger partial charge is 0.341 e. The van der Waals surface area contributed by atoms with Gasteiger partial charge in [-0.15, -0.1) is 0 Å². The molecule has 0 fully saturated rings. The zero-order chi connectivity index (χ0) is 33.1. The molecule has 2 aromatic heterocycles. The number of halogens is 4. The summed E-state index contributed by atoms with van der Waals surface area (Å²) in [4.78, 5) is 50.0. The van der Waals surface area contributed by atoms with Crippen LogP contribution >= 0.6 is 45.2 Å². The molecule has 4 aromatic rings.